The van der Waals surface area contributed by atoms with E-state index in [1.807, 2.05) is 0 Å². The van der Waals surface area contributed by atoms with Gasteiger partial charge in [-0.05, 0) is 6.07 Å². The molecule has 6 atom stereocenters. The molecule has 7 N–H and O–H groups in total. The van der Waals surface area contributed by atoms with E-state index in [1.54, 1.807) is 0 Å². The molecule has 1 saturated heterocycles. The summed E-state index contributed by atoms with van der Waals surface area (Å²) in [5.74, 6) is -2.56. The quantitative estimate of drug-likeness (QED) is 0.174. The Morgan fingerprint density at radius 3 is 2.35 bits per heavy atom. The molecule has 1 aliphatic heterocycles. The van der Waals surface area contributed by atoms with Gasteiger partial charge in [-0.1, -0.05) is 12.2 Å². The first-order valence-corrected chi connectivity index (χ1v) is 13.6. The van der Waals surface area contributed by atoms with Crippen molar-refractivity contribution in [2.45, 2.75) is 24.4 Å². The molecule has 3 unspecified atom stereocenters. The van der Waals surface area contributed by atoms with Crippen LogP contribution in [0.1, 0.15) is 11.7 Å². The second-order valence-electron chi connectivity index (χ2n) is 6.70. The zero-order valence-corrected chi connectivity index (χ0v) is 19.7. The van der Waals surface area contributed by atoms with Crippen LogP contribution in [0, 0.1) is 16.3 Å². The van der Waals surface area contributed by atoms with E-state index < -0.39 is 66.1 Å². The lowest BCUT2D eigenvalue weighted by Gasteiger charge is -2.19. The van der Waals surface area contributed by atoms with Crippen molar-refractivity contribution in [1.82, 2.24) is 9.97 Å². The Balaban J connectivity index is 1.77. The van der Waals surface area contributed by atoms with Crippen LogP contribution in [-0.2, 0) is 31.6 Å². The number of fused-ring (bicyclic) bond motifs is 1. The highest BCUT2D eigenvalue weighted by atomic mass is 32.1. The van der Waals surface area contributed by atoms with Gasteiger partial charge in [-0.3, -0.25) is 4.52 Å². The summed E-state index contributed by atoms with van der Waals surface area (Å²) in [6.07, 6.45) is -6.01. The summed E-state index contributed by atoms with van der Waals surface area (Å²) in [6, 6.07) is 1.02. The summed E-state index contributed by atoms with van der Waals surface area (Å²) in [7, 11) is -16.9. The molecular weight excluding hydrogens is 555 g/mol. The molecule has 2 aromatic rings. The molecule has 1 aliphatic rings. The normalized spacial score (nSPS) is 26.9. The minimum Gasteiger partial charge on any atom is -0.387 e. The molecule has 34 heavy (non-hydrogen) atoms. The van der Waals surface area contributed by atoms with Crippen molar-refractivity contribution in [3.8, 4) is 0 Å². The molecule has 1 fully saturated rings. The maximum Gasteiger partial charge on any atom is 0.490 e. The lowest BCUT2D eigenvalue weighted by Crippen LogP contribution is -2.33. The molecule has 3 heterocycles. The van der Waals surface area contributed by atoms with Crippen LogP contribution in [0.2, 0.25) is 0 Å². The molecule has 0 amide bonds. The van der Waals surface area contributed by atoms with E-state index in [4.69, 9.17) is 31.6 Å². The zero-order chi connectivity index (χ0) is 25.6. The summed E-state index contributed by atoms with van der Waals surface area (Å²) in [4.78, 5) is 41.8. The van der Waals surface area contributed by atoms with Gasteiger partial charge in [0.15, 0.2) is 11.6 Å². The van der Waals surface area contributed by atoms with Gasteiger partial charge in [-0.2, -0.15) is 8.62 Å². The van der Waals surface area contributed by atoms with E-state index in [1.165, 1.54) is 0 Å². The number of nitrogens with one attached hydrogen (secondary N) is 1. The number of nitrogens with zero attached hydrogens (tertiary/aromatic N) is 1. The summed E-state index contributed by atoms with van der Waals surface area (Å²) in [5, 5.41) is 20.1. The number of aliphatic hydroxyl groups excluding tert-OH is 2. The smallest absolute Gasteiger partial charge is 0.387 e. The van der Waals surface area contributed by atoms with E-state index in [9.17, 15) is 37.6 Å². The molecule has 0 spiro atoms. The number of halogens is 2. The Kier molecular flexibility index (Phi) is 7.90. The van der Waals surface area contributed by atoms with Crippen LogP contribution in [0.5, 0.6) is 0 Å². The lowest BCUT2D eigenvalue weighted by molar-refractivity contribution is -0.0224. The number of hydrogen-bond acceptors (Lipinski definition) is 11. The minimum atomic E-state index is -5.77. The van der Waals surface area contributed by atoms with Crippen molar-refractivity contribution in [2.24, 2.45) is 0 Å². The fraction of sp³-hybridized carbons (Fsp3) is 0.385. The third-order valence-electron chi connectivity index (χ3n) is 4.29. The topological polar surface area (TPSA) is 238 Å². The minimum absolute atomic E-state index is 0.110. The van der Waals surface area contributed by atoms with Crippen LogP contribution in [0.4, 0.5) is 8.78 Å². The van der Waals surface area contributed by atoms with Gasteiger partial charge in [-0.15, -0.1) is 0 Å². The highest BCUT2D eigenvalue weighted by Gasteiger charge is 2.46. The van der Waals surface area contributed by atoms with E-state index in [-0.39, 0.29) is 21.2 Å². The average Bonchev–Trinajstić information content (AvgIpc) is 2.95. The van der Waals surface area contributed by atoms with Crippen molar-refractivity contribution < 1.29 is 70.1 Å². The number of hydrogen-bond donors (Lipinski definition) is 7. The molecule has 0 bridgehead atoms. The van der Waals surface area contributed by atoms with Gasteiger partial charge >= 0.3 is 23.5 Å². The van der Waals surface area contributed by atoms with Crippen LogP contribution in [0.3, 0.4) is 0 Å². The van der Waals surface area contributed by atoms with Gasteiger partial charge in [0, 0.05) is 5.56 Å². The predicted octanol–water partition coefficient (Wildman–Crippen LogP) is 1.08. The predicted molar refractivity (Wildman–Crippen MR) is 106 cm³/mol. The first-order valence-electron chi connectivity index (χ1n) is 8.66. The maximum absolute atomic E-state index is 14.1. The van der Waals surface area contributed by atoms with E-state index in [0.29, 0.717) is 6.20 Å². The third-order valence-corrected chi connectivity index (χ3v) is 8.43. The van der Waals surface area contributed by atoms with E-state index >= 15 is 0 Å². The van der Waals surface area contributed by atoms with Crippen LogP contribution in [0.15, 0.2) is 12.3 Å². The van der Waals surface area contributed by atoms with Crippen LogP contribution < -0.4 is 0 Å². The Labute approximate surface area is 192 Å². The van der Waals surface area contributed by atoms with Crippen LogP contribution in [-0.4, -0.2) is 64.7 Å². The number of pyridine rings is 2. The molecule has 3 rings (SSSR count). The summed E-state index contributed by atoms with van der Waals surface area (Å²) < 4.78 is 78.1. The highest BCUT2D eigenvalue weighted by Crippen LogP contribution is 2.66. The first-order chi connectivity index (χ1) is 15.5. The summed E-state index contributed by atoms with van der Waals surface area (Å²) >= 11 is 5.09. The van der Waals surface area contributed by atoms with Crippen molar-refractivity contribution in [1.29, 1.82) is 0 Å². The Morgan fingerprint density at radius 1 is 1.09 bits per heavy atom. The first kappa shape index (κ1) is 27.5. The Hall–Kier alpha value is -1.07. The van der Waals surface area contributed by atoms with Crippen molar-refractivity contribution in [3.63, 3.8) is 0 Å². The summed E-state index contributed by atoms with van der Waals surface area (Å²) in [6.45, 7) is -1.06. The van der Waals surface area contributed by atoms with Gasteiger partial charge in [-0.25, -0.2) is 27.5 Å². The number of rotatable bonds is 8. The number of aliphatic hydroxyl groups is 2. The average molecular weight is 570 g/mol. The monoisotopic (exact) mass is 570 g/mol. The van der Waals surface area contributed by atoms with Crippen molar-refractivity contribution in [3.05, 3.63) is 34.1 Å². The zero-order valence-electron chi connectivity index (χ0n) is 16.2. The molecule has 0 radical (unpaired) electrons. The number of aromatic amines is 1. The number of H-pyrrole nitrogens is 1. The van der Waals surface area contributed by atoms with E-state index in [2.05, 4.69) is 23.1 Å². The van der Waals surface area contributed by atoms with Crippen molar-refractivity contribution in [2.75, 3.05) is 6.61 Å². The highest BCUT2D eigenvalue weighted by molar-refractivity contribution is 7.71. The molecular formula is C13H15F2N2O13P3S. The fourth-order valence-electron chi connectivity index (χ4n) is 2.94. The maximum atomic E-state index is 14.1. The SMILES string of the molecule is O=P(O)(O)OP(=O)(O)OP(=O)(O)OC[C@H]1O[C@@H](c2cc3c(F)c(F)cnc3[nH]c2=S)C(O)[C@H]1O. The molecule has 0 aliphatic carbocycles. The number of ether oxygens (including phenoxy) is 1. The Morgan fingerprint density at radius 2 is 1.74 bits per heavy atom. The second-order valence-corrected chi connectivity index (χ2v) is 11.5. The van der Waals surface area contributed by atoms with Gasteiger partial charge in [0.1, 0.15) is 34.7 Å². The molecule has 190 valence electrons. The lowest BCUT2D eigenvalue weighted by atomic mass is 10.0. The van der Waals surface area contributed by atoms with Gasteiger partial charge in [0.05, 0.1) is 18.2 Å². The molecule has 0 saturated carbocycles. The van der Waals surface area contributed by atoms with Crippen LogP contribution >= 0.6 is 35.7 Å². The molecule has 21 heteroatoms. The molecule has 15 nitrogen and oxygen atoms in total. The summed E-state index contributed by atoms with van der Waals surface area (Å²) in [5.41, 5.74) is -0.230. The van der Waals surface area contributed by atoms with Gasteiger partial charge in [0.2, 0.25) is 0 Å². The number of aromatic nitrogens is 2. The van der Waals surface area contributed by atoms with Crippen LogP contribution in [0.25, 0.3) is 11.0 Å². The Bertz CT molecular complexity index is 1300. The number of phosphoric ester groups is 1. The van der Waals surface area contributed by atoms with E-state index in [0.717, 1.165) is 6.07 Å². The molecule has 2 aromatic heterocycles. The standard InChI is InChI=1S/C13H15F2N2O13P3S/c14-6-2-16-12-4(8(6)15)1-5(13(34)17-12)11-10(19)9(18)7(28-11)3-27-32(23,24)30-33(25,26)29-31(20,21)22/h1-2,7,9-11,18-19H,3H2,(H,23,24)(H,25,26)(H,16,17,34)(H2,20,21,22)/t7-,9+,10?,11+/m1/s1. The van der Waals surface area contributed by atoms with Crippen molar-refractivity contribution >= 4 is 46.7 Å². The molecule has 0 aromatic carbocycles. The fourth-order valence-corrected chi connectivity index (χ4v) is 6.24. The van der Waals surface area contributed by atoms with Gasteiger partial charge in [0.25, 0.3) is 0 Å². The largest absolute Gasteiger partial charge is 0.490 e. The number of phosphoric acid groups is 3. The van der Waals surface area contributed by atoms with Gasteiger partial charge < -0.3 is 39.5 Å². The third kappa shape index (κ3) is 6.37. The second kappa shape index (κ2) is 9.76.